The average Bonchev–Trinajstić information content (AvgIpc) is 2.16. The van der Waals surface area contributed by atoms with Crippen molar-refractivity contribution in [2.24, 2.45) is 0 Å². The number of hydrogen-bond donors (Lipinski definition) is 0. The van der Waals surface area contributed by atoms with Crippen molar-refractivity contribution < 1.29 is 0 Å². The van der Waals surface area contributed by atoms with Crippen LogP contribution in [0.25, 0.3) is 0 Å². The summed E-state index contributed by atoms with van der Waals surface area (Å²) in [5.41, 5.74) is 0. The van der Waals surface area contributed by atoms with Gasteiger partial charge in [0.1, 0.15) is 0 Å². The first-order valence-corrected chi connectivity index (χ1v) is 8.69. The minimum Gasteiger partial charge on any atom is -0.0619 e. The largest absolute Gasteiger partial charge is 0.0632 e. The maximum absolute atomic E-state index is 2.61. The van der Waals surface area contributed by atoms with Crippen LogP contribution < -0.4 is 0 Å². The van der Waals surface area contributed by atoms with Crippen LogP contribution in [0, 0.1) is 0 Å². The third-order valence-electron chi connectivity index (χ3n) is 2.66. The fourth-order valence-electron chi connectivity index (χ4n) is 2.22. The van der Waals surface area contributed by atoms with Gasteiger partial charge in [-0.25, -0.2) is 0 Å². The molecule has 0 aromatic heterocycles. The van der Waals surface area contributed by atoms with Gasteiger partial charge in [-0.05, 0) is 31.8 Å². The smallest absolute Gasteiger partial charge is 0.0619 e. The molecule has 0 radical (unpaired) electrons. The Kier molecular flexibility index (Phi) is 8.58. The van der Waals surface area contributed by atoms with Gasteiger partial charge in [0, 0.05) is 7.26 Å². The highest BCUT2D eigenvalue weighted by atomic mass is 31.2. The van der Waals surface area contributed by atoms with Gasteiger partial charge in [-0.2, -0.15) is 0 Å². The Bertz CT molecular complexity index is 132. The van der Waals surface area contributed by atoms with Crippen molar-refractivity contribution in [2.45, 2.75) is 53.4 Å². The van der Waals surface area contributed by atoms with E-state index in [-0.39, 0.29) is 0 Å². The molecule has 0 atom stereocenters. The van der Waals surface area contributed by atoms with Crippen LogP contribution in [0.15, 0.2) is 11.9 Å². The van der Waals surface area contributed by atoms with Crippen LogP contribution in [0.4, 0.5) is 0 Å². The molecule has 0 amide bonds. The van der Waals surface area contributed by atoms with Gasteiger partial charge >= 0.3 is 0 Å². The van der Waals surface area contributed by atoms with Crippen molar-refractivity contribution >= 4 is 7.26 Å². The molecule has 0 saturated heterocycles. The maximum Gasteiger partial charge on any atom is 0.0632 e. The Hall–Kier alpha value is 0.170. The topological polar surface area (TPSA) is 0 Å². The summed E-state index contributed by atoms with van der Waals surface area (Å²) in [6, 6.07) is 0. The van der Waals surface area contributed by atoms with E-state index in [0.717, 1.165) is 0 Å². The molecule has 0 aliphatic rings. The van der Waals surface area contributed by atoms with Crippen molar-refractivity contribution in [3.05, 3.63) is 11.9 Å². The van der Waals surface area contributed by atoms with Crippen LogP contribution in [0.1, 0.15) is 53.4 Å². The minimum atomic E-state index is -0.693. The summed E-state index contributed by atoms with van der Waals surface area (Å²) in [4.78, 5) is 0. The van der Waals surface area contributed by atoms with Crippen molar-refractivity contribution in [2.75, 3.05) is 18.5 Å². The first-order valence-electron chi connectivity index (χ1n) is 6.28. The normalized spacial score (nSPS) is 12.6. The lowest BCUT2D eigenvalue weighted by molar-refractivity contribution is 1.00. The van der Waals surface area contributed by atoms with E-state index in [1.165, 1.54) is 44.2 Å². The molecule has 0 saturated carbocycles. The predicted molar refractivity (Wildman–Crippen MR) is 71.8 cm³/mol. The lowest BCUT2D eigenvalue weighted by Gasteiger charge is -2.22. The van der Waals surface area contributed by atoms with Gasteiger partial charge in [-0.3, -0.25) is 0 Å². The van der Waals surface area contributed by atoms with Gasteiger partial charge in [0.05, 0.1) is 24.3 Å². The van der Waals surface area contributed by atoms with Gasteiger partial charge in [0.25, 0.3) is 0 Å². The Balaban J connectivity index is 4.45. The summed E-state index contributed by atoms with van der Waals surface area (Å²) in [7, 11) is -0.693. The van der Waals surface area contributed by atoms with Crippen LogP contribution in [0.2, 0.25) is 0 Å². The monoisotopic (exact) mass is 215 g/mol. The van der Waals surface area contributed by atoms with Crippen molar-refractivity contribution in [1.82, 2.24) is 0 Å². The molecule has 84 valence electrons. The molecule has 0 fully saturated rings. The van der Waals surface area contributed by atoms with Crippen molar-refractivity contribution in [3.63, 3.8) is 0 Å². The lowest BCUT2D eigenvalue weighted by atomic mass is 10.5. The molecule has 0 N–H and O–H groups in total. The van der Waals surface area contributed by atoms with Gasteiger partial charge in [0.15, 0.2) is 0 Å². The summed E-state index contributed by atoms with van der Waals surface area (Å²) >= 11 is 0. The van der Waals surface area contributed by atoms with Crippen LogP contribution in [0.3, 0.4) is 0 Å². The molecule has 0 aliphatic heterocycles. The molecule has 0 spiro atoms. The first kappa shape index (κ1) is 14.2. The third-order valence-corrected chi connectivity index (χ3v) is 7.52. The predicted octanol–water partition coefficient (Wildman–Crippen LogP) is 5.16. The van der Waals surface area contributed by atoms with Gasteiger partial charge in [-0.1, -0.05) is 27.7 Å². The number of rotatable bonds is 8. The molecule has 0 unspecified atom stereocenters. The molecule has 0 heterocycles. The number of hydrogen-bond acceptors (Lipinski definition) is 0. The second kappa shape index (κ2) is 8.48. The van der Waals surface area contributed by atoms with E-state index in [4.69, 9.17) is 0 Å². The molecule has 0 bridgehead atoms. The van der Waals surface area contributed by atoms with E-state index in [2.05, 4.69) is 39.6 Å². The van der Waals surface area contributed by atoms with Crippen LogP contribution in [0.5, 0.6) is 0 Å². The molecule has 1 heteroatoms. The summed E-state index contributed by atoms with van der Waals surface area (Å²) in [5.74, 6) is 2.61. The Labute approximate surface area is 91.5 Å². The maximum atomic E-state index is 2.61. The van der Waals surface area contributed by atoms with E-state index < -0.39 is 7.26 Å². The Morgan fingerprint density at radius 1 is 0.786 bits per heavy atom. The fraction of sp³-hybridized carbons (Fsp3) is 0.846. The Morgan fingerprint density at radius 3 is 1.50 bits per heavy atom. The quantitative estimate of drug-likeness (QED) is 0.491. The average molecular weight is 215 g/mol. The van der Waals surface area contributed by atoms with Crippen molar-refractivity contribution in [1.29, 1.82) is 0 Å². The zero-order valence-electron chi connectivity index (χ0n) is 10.6. The summed E-state index contributed by atoms with van der Waals surface area (Å²) < 4.78 is 0. The molecule has 0 aromatic rings. The minimum absolute atomic E-state index is 0.693. The van der Waals surface area contributed by atoms with E-state index in [0.29, 0.717) is 0 Å². The third kappa shape index (κ3) is 5.15. The first-order chi connectivity index (χ1) is 6.74. The van der Waals surface area contributed by atoms with Crippen LogP contribution >= 0.6 is 7.26 Å². The van der Waals surface area contributed by atoms with E-state index in [1.807, 2.05) is 0 Å². The number of allylic oxidation sites excluding steroid dienone is 1. The fourth-order valence-corrected chi connectivity index (χ4v) is 6.67. The molecule has 14 heavy (non-hydrogen) atoms. The van der Waals surface area contributed by atoms with Gasteiger partial charge in [-0.15, -0.1) is 0 Å². The van der Waals surface area contributed by atoms with Gasteiger partial charge in [0.2, 0.25) is 0 Å². The van der Waals surface area contributed by atoms with Crippen molar-refractivity contribution in [3.8, 4) is 0 Å². The molecule has 0 aliphatic carbocycles. The second-order valence-electron chi connectivity index (χ2n) is 4.18. The van der Waals surface area contributed by atoms with Crippen LogP contribution in [-0.2, 0) is 0 Å². The summed E-state index contributed by atoms with van der Waals surface area (Å²) in [6.07, 6.45) is 12.1. The Morgan fingerprint density at radius 2 is 1.21 bits per heavy atom. The molecule has 0 nitrogen and oxygen atoms in total. The zero-order valence-corrected chi connectivity index (χ0v) is 11.4. The summed E-state index contributed by atoms with van der Waals surface area (Å²) in [5, 5.41) is 0. The SMILES string of the molecule is CC/C=C/[P+](CCC)(CCC)CCC. The van der Waals surface area contributed by atoms with Crippen LogP contribution in [-0.4, -0.2) is 18.5 Å². The highest BCUT2D eigenvalue weighted by Crippen LogP contribution is 2.61. The second-order valence-corrected chi connectivity index (χ2v) is 8.26. The van der Waals surface area contributed by atoms with Gasteiger partial charge < -0.3 is 0 Å². The standard InChI is InChI=1S/C13H28P/c1-5-9-13-14(10-6-2,11-7-3)12-8-4/h9,13H,5-8,10-12H2,1-4H3/q+1/b13-9+. The van der Waals surface area contributed by atoms with E-state index >= 15 is 0 Å². The highest BCUT2D eigenvalue weighted by Gasteiger charge is 2.31. The molecule has 0 rings (SSSR count). The molecular weight excluding hydrogens is 187 g/mol. The van der Waals surface area contributed by atoms with E-state index in [9.17, 15) is 0 Å². The molecular formula is C13H28P+. The zero-order chi connectivity index (χ0) is 10.9. The lowest BCUT2D eigenvalue weighted by Crippen LogP contribution is -2.04. The summed E-state index contributed by atoms with van der Waals surface area (Å²) in [6.45, 7) is 9.24. The van der Waals surface area contributed by atoms with E-state index in [1.54, 1.807) is 0 Å². The molecule has 0 aromatic carbocycles. The highest BCUT2D eigenvalue weighted by molar-refractivity contribution is 7.78.